The van der Waals surface area contributed by atoms with E-state index in [9.17, 15) is 18.0 Å². The molecular formula is C33H38N6O5S. The van der Waals surface area contributed by atoms with Crippen LogP contribution in [0.3, 0.4) is 0 Å². The minimum absolute atomic E-state index is 0.100. The Bertz CT molecular complexity index is 1780. The summed E-state index contributed by atoms with van der Waals surface area (Å²) in [5.74, 6) is -0.222. The van der Waals surface area contributed by atoms with E-state index in [2.05, 4.69) is 14.9 Å². The fourth-order valence-corrected chi connectivity index (χ4v) is 6.96. The minimum atomic E-state index is -3.71. The molecule has 6 rings (SSSR count). The average Bonchev–Trinajstić information content (AvgIpc) is 3.39. The Morgan fingerprint density at radius 3 is 2.22 bits per heavy atom. The lowest BCUT2D eigenvalue weighted by Crippen LogP contribution is -2.47. The number of carbonyl (C=O) groups excluding carboxylic acids is 1. The van der Waals surface area contributed by atoms with E-state index in [1.54, 1.807) is 27.7 Å². The number of amides is 1. The molecule has 0 bridgehead atoms. The number of hydrogen-bond donors (Lipinski definition) is 2. The van der Waals surface area contributed by atoms with Gasteiger partial charge in [-0.15, -0.1) is 0 Å². The molecule has 0 unspecified atom stereocenters. The molecule has 2 N–H and O–H groups in total. The van der Waals surface area contributed by atoms with Crippen LogP contribution in [0.5, 0.6) is 0 Å². The fourth-order valence-electron chi connectivity index (χ4n) is 5.87. The molecule has 4 aromatic rings. The van der Waals surface area contributed by atoms with E-state index in [-0.39, 0.29) is 29.6 Å². The Kier molecular flexibility index (Phi) is 9.45. The maximum absolute atomic E-state index is 14.4. The molecule has 0 radical (unpaired) electrons. The summed E-state index contributed by atoms with van der Waals surface area (Å²) in [4.78, 5) is 32.9. The second-order valence-electron chi connectivity index (χ2n) is 11.1. The predicted molar refractivity (Wildman–Crippen MR) is 174 cm³/mol. The molecule has 1 amide bonds. The normalized spacial score (nSPS) is 15.7. The van der Waals surface area contributed by atoms with Crippen molar-refractivity contribution in [2.45, 2.75) is 17.9 Å². The standard InChI is InChI=1S/C33H38N6O5S/c40-32(37-19-16-34-17-20-37)31-30(26-9-3-1-4-10-26)39(28-12-7-11-27(25-28)36-21-23-44-24-22-36)33(41)38(31)18-8-15-35-45(42,43)29-13-5-2-6-14-29/h1-7,9-14,25,34-35H,8,15-24H2. The molecule has 0 atom stereocenters. The Morgan fingerprint density at radius 2 is 1.51 bits per heavy atom. The molecular weight excluding hydrogens is 592 g/mol. The quantitative estimate of drug-likeness (QED) is 0.259. The first kappa shape index (κ1) is 30.8. The number of imidazole rings is 1. The second kappa shape index (κ2) is 13.8. The van der Waals surface area contributed by atoms with E-state index in [4.69, 9.17) is 4.74 Å². The Labute approximate surface area is 263 Å². The van der Waals surface area contributed by atoms with Crippen molar-refractivity contribution in [1.29, 1.82) is 0 Å². The van der Waals surface area contributed by atoms with E-state index >= 15 is 0 Å². The molecule has 2 aliphatic heterocycles. The molecule has 2 aliphatic rings. The van der Waals surface area contributed by atoms with Gasteiger partial charge in [-0.05, 0) is 36.8 Å². The van der Waals surface area contributed by atoms with Gasteiger partial charge in [0.15, 0.2) is 0 Å². The molecule has 3 aromatic carbocycles. The van der Waals surface area contributed by atoms with E-state index in [1.807, 2.05) is 54.6 Å². The number of nitrogens with one attached hydrogen (secondary N) is 2. The van der Waals surface area contributed by atoms with Gasteiger partial charge in [-0.25, -0.2) is 17.9 Å². The third-order valence-corrected chi connectivity index (χ3v) is 9.64. The highest BCUT2D eigenvalue weighted by atomic mass is 32.2. The molecule has 236 valence electrons. The fraction of sp³-hybridized carbons (Fsp3) is 0.333. The zero-order valence-electron chi connectivity index (χ0n) is 25.1. The van der Waals surface area contributed by atoms with Gasteiger partial charge in [-0.3, -0.25) is 13.9 Å². The van der Waals surface area contributed by atoms with E-state index in [0.29, 0.717) is 62.9 Å². The van der Waals surface area contributed by atoms with Crippen LogP contribution in [-0.4, -0.2) is 87.4 Å². The van der Waals surface area contributed by atoms with Crippen LogP contribution in [0.2, 0.25) is 0 Å². The lowest BCUT2D eigenvalue weighted by molar-refractivity contribution is 0.0725. The number of carbonyl (C=O) groups is 1. The van der Waals surface area contributed by atoms with Gasteiger partial charge in [0.05, 0.1) is 29.5 Å². The number of ether oxygens (including phenoxy) is 1. The SMILES string of the molecule is O=C(c1c(-c2ccccc2)n(-c2cccc(N3CCOCC3)c2)c(=O)n1CCCNS(=O)(=O)c1ccccc1)N1CCNCC1. The number of anilines is 1. The summed E-state index contributed by atoms with van der Waals surface area (Å²) in [5.41, 5.74) is 2.84. The molecule has 0 aliphatic carbocycles. The van der Waals surface area contributed by atoms with Crippen LogP contribution in [-0.2, 0) is 21.3 Å². The molecule has 0 spiro atoms. The van der Waals surface area contributed by atoms with Crippen molar-refractivity contribution in [3.8, 4) is 16.9 Å². The molecule has 11 nitrogen and oxygen atoms in total. The highest BCUT2D eigenvalue weighted by Gasteiger charge is 2.31. The van der Waals surface area contributed by atoms with Crippen LogP contribution in [0.15, 0.2) is 94.6 Å². The van der Waals surface area contributed by atoms with Gasteiger partial charge >= 0.3 is 5.69 Å². The van der Waals surface area contributed by atoms with Gasteiger partial charge in [0.1, 0.15) is 5.69 Å². The van der Waals surface area contributed by atoms with Crippen molar-refractivity contribution in [3.63, 3.8) is 0 Å². The number of benzene rings is 3. The zero-order chi connectivity index (χ0) is 31.2. The van der Waals surface area contributed by atoms with Crippen molar-refractivity contribution in [1.82, 2.24) is 24.1 Å². The number of sulfonamides is 1. The summed E-state index contributed by atoms with van der Waals surface area (Å²) in [6, 6.07) is 25.5. The molecule has 3 heterocycles. The van der Waals surface area contributed by atoms with Crippen LogP contribution >= 0.6 is 0 Å². The van der Waals surface area contributed by atoms with Crippen LogP contribution in [0.25, 0.3) is 16.9 Å². The minimum Gasteiger partial charge on any atom is -0.378 e. The molecule has 0 saturated carbocycles. The van der Waals surface area contributed by atoms with Gasteiger partial charge in [-0.2, -0.15) is 0 Å². The van der Waals surface area contributed by atoms with Gasteiger partial charge in [0.2, 0.25) is 10.0 Å². The van der Waals surface area contributed by atoms with E-state index in [0.717, 1.165) is 24.3 Å². The number of rotatable bonds is 10. The first-order chi connectivity index (χ1) is 21.9. The molecule has 45 heavy (non-hydrogen) atoms. The molecule has 2 saturated heterocycles. The monoisotopic (exact) mass is 630 g/mol. The summed E-state index contributed by atoms with van der Waals surface area (Å²) in [5, 5.41) is 3.28. The topological polar surface area (TPSA) is 118 Å². The number of aromatic nitrogens is 2. The number of hydrogen-bond acceptors (Lipinski definition) is 7. The van der Waals surface area contributed by atoms with Crippen molar-refractivity contribution in [2.75, 3.05) is 63.9 Å². The largest absolute Gasteiger partial charge is 0.378 e. The maximum atomic E-state index is 14.4. The second-order valence-corrected chi connectivity index (χ2v) is 12.8. The zero-order valence-corrected chi connectivity index (χ0v) is 25.9. The Morgan fingerprint density at radius 1 is 0.844 bits per heavy atom. The van der Waals surface area contributed by atoms with Crippen molar-refractivity contribution in [3.05, 3.63) is 101 Å². The van der Waals surface area contributed by atoms with Crippen molar-refractivity contribution >= 4 is 21.6 Å². The number of nitrogens with zero attached hydrogens (tertiary/aromatic N) is 4. The van der Waals surface area contributed by atoms with Crippen LogP contribution in [0, 0.1) is 0 Å². The smallest absolute Gasteiger partial charge is 0.333 e. The third kappa shape index (κ3) is 6.74. The van der Waals surface area contributed by atoms with Gasteiger partial charge in [0.25, 0.3) is 5.91 Å². The highest BCUT2D eigenvalue weighted by Crippen LogP contribution is 2.29. The van der Waals surface area contributed by atoms with E-state index in [1.165, 1.54) is 16.7 Å². The summed E-state index contributed by atoms with van der Waals surface area (Å²) in [6.45, 7) is 5.39. The predicted octanol–water partition coefficient (Wildman–Crippen LogP) is 2.56. The summed E-state index contributed by atoms with van der Waals surface area (Å²) in [6.07, 6.45) is 0.305. The molecule has 12 heteroatoms. The molecule has 1 aromatic heterocycles. The van der Waals surface area contributed by atoms with Gasteiger partial charge in [-0.1, -0.05) is 54.6 Å². The van der Waals surface area contributed by atoms with Gasteiger partial charge in [0, 0.05) is 63.6 Å². The highest BCUT2D eigenvalue weighted by molar-refractivity contribution is 7.89. The van der Waals surface area contributed by atoms with Crippen molar-refractivity contribution in [2.24, 2.45) is 0 Å². The van der Waals surface area contributed by atoms with Gasteiger partial charge < -0.3 is 19.9 Å². The van der Waals surface area contributed by atoms with E-state index < -0.39 is 10.0 Å². The summed E-state index contributed by atoms with van der Waals surface area (Å²) >= 11 is 0. The Balaban J connectivity index is 1.41. The average molecular weight is 631 g/mol. The lowest BCUT2D eigenvalue weighted by atomic mass is 10.1. The first-order valence-corrected chi connectivity index (χ1v) is 16.8. The van der Waals surface area contributed by atoms with Crippen LogP contribution in [0.4, 0.5) is 5.69 Å². The number of piperazine rings is 1. The summed E-state index contributed by atoms with van der Waals surface area (Å²) < 4.78 is 37.0. The van der Waals surface area contributed by atoms with Crippen LogP contribution < -0.4 is 20.6 Å². The molecule has 2 fully saturated rings. The Hall–Kier alpha value is -4.23. The summed E-state index contributed by atoms with van der Waals surface area (Å²) in [7, 11) is -3.71. The number of morpholine rings is 1. The maximum Gasteiger partial charge on any atom is 0.333 e. The third-order valence-electron chi connectivity index (χ3n) is 8.16. The van der Waals surface area contributed by atoms with Crippen LogP contribution in [0.1, 0.15) is 16.9 Å². The van der Waals surface area contributed by atoms with Crippen molar-refractivity contribution < 1.29 is 17.9 Å². The lowest BCUT2D eigenvalue weighted by Gasteiger charge is -2.29. The first-order valence-electron chi connectivity index (χ1n) is 15.3.